The van der Waals surface area contributed by atoms with Gasteiger partial charge in [-0.1, -0.05) is 18.2 Å². The molecule has 0 heterocycles. The fourth-order valence-electron chi connectivity index (χ4n) is 1.54. The second kappa shape index (κ2) is 4.92. The van der Waals surface area contributed by atoms with Crippen molar-refractivity contribution in [2.45, 2.75) is 32.7 Å². The summed E-state index contributed by atoms with van der Waals surface area (Å²) in [7, 11) is 0. The maximum absolute atomic E-state index is 11.9. The zero-order chi connectivity index (χ0) is 12.2. The predicted molar refractivity (Wildman–Crippen MR) is 64.6 cm³/mol. The van der Waals surface area contributed by atoms with Gasteiger partial charge in [0.25, 0.3) is 0 Å². The summed E-state index contributed by atoms with van der Waals surface area (Å²) in [5.74, 6) is 0.0207. The molecular formula is C13H17NO2. The molecule has 0 aliphatic heterocycles. The lowest BCUT2D eigenvalue weighted by molar-refractivity contribution is -0.534. The predicted octanol–water partition coefficient (Wildman–Crippen LogP) is 2.37. The van der Waals surface area contributed by atoms with Crippen LogP contribution in [0.3, 0.4) is 0 Å². The van der Waals surface area contributed by atoms with Crippen molar-refractivity contribution in [1.82, 2.24) is 0 Å². The number of benzene rings is 1. The van der Waals surface area contributed by atoms with E-state index in [0.717, 1.165) is 10.3 Å². The van der Waals surface area contributed by atoms with Crippen molar-refractivity contribution in [2.24, 2.45) is 0 Å². The van der Waals surface area contributed by atoms with E-state index in [-0.39, 0.29) is 12.2 Å². The lowest BCUT2D eigenvalue weighted by Gasteiger charge is -2.22. The molecule has 0 N–H and O–H groups in total. The molecule has 3 heteroatoms. The highest BCUT2D eigenvalue weighted by molar-refractivity contribution is 5.77. The molecular weight excluding hydrogens is 202 g/mol. The summed E-state index contributed by atoms with van der Waals surface area (Å²) in [5.41, 5.74) is 0.149. The van der Waals surface area contributed by atoms with Gasteiger partial charge in [-0.2, -0.15) is 0 Å². The minimum atomic E-state index is -0.693. The van der Waals surface area contributed by atoms with E-state index < -0.39 is 5.54 Å². The molecule has 0 amide bonds. The first kappa shape index (κ1) is 12.4. The molecule has 0 saturated carbocycles. The first-order chi connectivity index (χ1) is 7.42. The van der Waals surface area contributed by atoms with Crippen LogP contribution < -0.4 is 0 Å². The van der Waals surface area contributed by atoms with Crippen LogP contribution in [0.1, 0.15) is 32.8 Å². The van der Waals surface area contributed by atoms with Crippen molar-refractivity contribution in [1.29, 1.82) is 0 Å². The Morgan fingerprint density at radius 3 is 2.44 bits per heavy atom. The molecule has 3 nitrogen and oxygen atoms in total. The summed E-state index contributed by atoms with van der Waals surface area (Å²) in [4.78, 5) is 11.0. The molecule has 86 valence electrons. The third-order valence-corrected chi connectivity index (χ3v) is 2.34. The molecule has 0 aromatic heterocycles. The molecule has 0 atom stereocenters. The molecule has 0 unspecified atom stereocenters. The van der Waals surface area contributed by atoms with Gasteiger partial charge in [0.1, 0.15) is 5.78 Å². The number of Topliss-reactive ketones (excluding diaryl/α,β-unsaturated/α-hetero) is 1. The first-order valence-corrected chi connectivity index (χ1v) is 5.27. The Kier molecular flexibility index (Phi) is 3.82. The lowest BCUT2D eigenvalue weighted by Crippen LogP contribution is -2.35. The molecule has 0 radical (unpaired) electrons. The van der Waals surface area contributed by atoms with Gasteiger partial charge in [0, 0.05) is 19.4 Å². The third kappa shape index (κ3) is 3.50. The Bertz CT molecular complexity index is 394. The van der Waals surface area contributed by atoms with Gasteiger partial charge in [0.15, 0.2) is 11.8 Å². The zero-order valence-electron chi connectivity index (χ0n) is 9.93. The van der Waals surface area contributed by atoms with E-state index in [1.54, 1.807) is 13.8 Å². The summed E-state index contributed by atoms with van der Waals surface area (Å²) >= 11 is 0. The minimum absolute atomic E-state index is 0.0207. The highest BCUT2D eigenvalue weighted by Crippen LogP contribution is 2.14. The van der Waals surface area contributed by atoms with Gasteiger partial charge in [0.2, 0.25) is 0 Å². The smallest absolute Gasteiger partial charge is 0.182 e. The van der Waals surface area contributed by atoms with E-state index in [9.17, 15) is 10.0 Å². The van der Waals surface area contributed by atoms with Gasteiger partial charge in [-0.15, -0.1) is 0 Å². The van der Waals surface area contributed by atoms with Gasteiger partial charge in [-0.25, -0.2) is 4.74 Å². The van der Waals surface area contributed by atoms with Gasteiger partial charge >= 0.3 is 0 Å². The van der Waals surface area contributed by atoms with Crippen molar-refractivity contribution in [3.05, 3.63) is 41.1 Å². The third-order valence-electron chi connectivity index (χ3n) is 2.34. The Morgan fingerprint density at radius 1 is 1.38 bits per heavy atom. The summed E-state index contributed by atoms with van der Waals surface area (Å²) in [5, 5.41) is 11.9. The van der Waals surface area contributed by atoms with Crippen LogP contribution >= 0.6 is 0 Å². The SMILES string of the molecule is CC(=O)CC(C)(C)[N+]([O-])=Cc1ccccc1. The quantitative estimate of drug-likeness (QED) is 0.338. The lowest BCUT2D eigenvalue weighted by atomic mass is 9.99. The number of hydrogen-bond acceptors (Lipinski definition) is 2. The maximum atomic E-state index is 11.9. The molecule has 0 saturated heterocycles. The number of carbonyl (C=O) groups is 1. The summed E-state index contributed by atoms with van der Waals surface area (Å²) < 4.78 is 0.851. The molecule has 0 fully saturated rings. The highest BCUT2D eigenvalue weighted by atomic mass is 16.5. The van der Waals surface area contributed by atoms with E-state index in [4.69, 9.17) is 0 Å². The average Bonchev–Trinajstić information content (AvgIpc) is 2.17. The van der Waals surface area contributed by atoms with Crippen LogP contribution in [0.15, 0.2) is 30.3 Å². The van der Waals surface area contributed by atoms with E-state index >= 15 is 0 Å². The van der Waals surface area contributed by atoms with Crippen LogP contribution in [-0.4, -0.2) is 22.3 Å². The fraction of sp³-hybridized carbons (Fsp3) is 0.385. The number of ketones is 1. The van der Waals surface area contributed by atoms with E-state index in [1.165, 1.54) is 13.1 Å². The molecule has 1 rings (SSSR count). The van der Waals surface area contributed by atoms with Crippen molar-refractivity contribution in [3.63, 3.8) is 0 Å². The number of carbonyl (C=O) groups excluding carboxylic acids is 1. The van der Waals surface area contributed by atoms with E-state index in [0.29, 0.717) is 0 Å². The summed E-state index contributed by atoms with van der Waals surface area (Å²) in [6.45, 7) is 5.03. The van der Waals surface area contributed by atoms with E-state index in [1.807, 2.05) is 30.3 Å². The average molecular weight is 219 g/mol. The molecule has 0 bridgehead atoms. The minimum Gasteiger partial charge on any atom is -0.623 e. The molecule has 1 aromatic carbocycles. The van der Waals surface area contributed by atoms with Crippen molar-refractivity contribution < 1.29 is 9.53 Å². The van der Waals surface area contributed by atoms with Gasteiger partial charge in [-0.05, 0) is 19.1 Å². The van der Waals surface area contributed by atoms with Crippen LogP contribution in [0.4, 0.5) is 0 Å². The molecule has 0 aliphatic carbocycles. The topological polar surface area (TPSA) is 43.1 Å². The second-order valence-corrected chi connectivity index (χ2v) is 4.56. The van der Waals surface area contributed by atoms with Crippen LogP contribution in [0.5, 0.6) is 0 Å². The molecule has 16 heavy (non-hydrogen) atoms. The van der Waals surface area contributed by atoms with Crippen molar-refractivity contribution >= 4 is 12.0 Å². The Balaban J connectivity index is 2.88. The Morgan fingerprint density at radius 2 is 1.94 bits per heavy atom. The number of nitrogens with zero attached hydrogens (tertiary/aromatic N) is 1. The largest absolute Gasteiger partial charge is 0.623 e. The standard InChI is InChI=1S/C13H17NO2/c1-11(15)9-13(2,3)14(16)10-12-7-5-4-6-8-12/h4-8,10H,9H2,1-3H3. The number of hydrogen-bond donors (Lipinski definition) is 0. The van der Waals surface area contributed by atoms with Gasteiger partial charge in [-0.3, -0.25) is 4.79 Å². The van der Waals surface area contributed by atoms with Crippen LogP contribution in [-0.2, 0) is 4.79 Å². The first-order valence-electron chi connectivity index (χ1n) is 5.27. The zero-order valence-corrected chi connectivity index (χ0v) is 9.93. The summed E-state index contributed by atoms with van der Waals surface area (Å²) in [6.07, 6.45) is 1.77. The van der Waals surface area contributed by atoms with Crippen LogP contribution in [0, 0.1) is 5.21 Å². The second-order valence-electron chi connectivity index (χ2n) is 4.56. The molecule has 0 aliphatic rings. The van der Waals surface area contributed by atoms with Gasteiger partial charge < -0.3 is 5.21 Å². The number of rotatable bonds is 4. The van der Waals surface area contributed by atoms with Crippen molar-refractivity contribution in [3.8, 4) is 0 Å². The van der Waals surface area contributed by atoms with Crippen LogP contribution in [0.25, 0.3) is 0 Å². The van der Waals surface area contributed by atoms with Gasteiger partial charge in [0.05, 0.1) is 6.42 Å². The normalized spacial score (nSPS) is 12.6. The Hall–Kier alpha value is -1.64. The van der Waals surface area contributed by atoms with Crippen molar-refractivity contribution in [2.75, 3.05) is 0 Å². The summed E-state index contributed by atoms with van der Waals surface area (Å²) in [6, 6.07) is 9.35. The van der Waals surface area contributed by atoms with E-state index in [2.05, 4.69) is 0 Å². The number of hydroxylamine groups is 1. The fourth-order valence-corrected chi connectivity index (χ4v) is 1.54. The Labute approximate surface area is 96.0 Å². The monoisotopic (exact) mass is 219 g/mol. The maximum Gasteiger partial charge on any atom is 0.182 e. The molecule has 0 spiro atoms. The van der Waals surface area contributed by atoms with Crippen LogP contribution in [0.2, 0.25) is 0 Å². The molecule has 1 aromatic rings. The highest BCUT2D eigenvalue weighted by Gasteiger charge is 2.28.